The third-order valence-electron chi connectivity index (χ3n) is 5.79. The molecule has 1 saturated heterocycles. The average Bonchev–Trinajstić information content (AvgIpc) is 3.38. The van der Waals surface area contributed by atoms with Crippen molar-refractivity contribution in [2.75, 3.05) is 23.0 Å². The Kier molecular flexibility index (Phi) is 4.24. The Bertz CT molecular complexity index is 1080. The lowest BCUT2D eigenvalue weighted by atomic mass is 10.1. The van der Waals surface area contributed by atoms with Gasteiger partial charge in [0.25, 0.3) is 0 Å². The number of aromatic nitrogens is 1. The molecular formula is C22H23FN6. The monoisotopic (exact) mass is 390 g/mol. The van der Waals surface area contributed by atoms with E-state index >= 15 is 0 Å². The van der Waals surface area contributed by atoms with Crippen molar-refractivity contribution < 1.29 is 4.39 Å². The quantitative estimate of drug-likeness (QED) is 0.520. The number of nitrogens with two attached hydrogens (primary N) is 2. The molecule has 0 spiro atoms. The van der Waals surface area contributed by atoms with E-state index in [4.69, 9.17) is 11.7 Å². The number of amidine groups is 1. The normalized spacial score (nSPS) is 17.4. The van der Waals surface area contributed by atoms with Crippen molar-refractivity contribution in [2.45, 2.75) is 19.4 Å². The Hall–Kier alpha value is -3.32. The lowest BCUT2D eigenvalue weighted by Gasteiger charge is -2.23. The molecule has 2 aromatic carbocycles. The third kappa shape index (κ3) is 3.03. The molecule has 1 fully saturated rings. The average molecular weight is 390 g/mol. The predicted octanol–water partition coefficient (Wildman–Crippen LogP) is 3.26. The van der Waals surface area contributed by atoms with Gasteiger partial charge in [-0.05, 0) is 60.4 Å². The summed E-state index contributed by atoms with van der Waals surface area (Å²) >= 11 is 0. The van der Waals surface area contributed by atoms with E-state index in [1.807, 2.05) is 18.3 Å². The molecule has 4 N–H and O–H groups in total. The lowest BCUT2D eigenvalue weighted by Crippen LogP contribution is -2.39. The molecule has 6 nitrogen and oxygen atoms in total. The maximum atomic E-state index is 13.3. The first kappa shape index (κ1) is 17.8. The van der Waals surface area contributed by atoms with E-state index in [1.54, 1.807) is 17.1 Å². The zero-order valence-electron chi connectivity index (χ0n) is 16.1. The number of hydrogen-bond donors (Lipinski definition) is 2. The number of rotatable bonds is 2. The molecule has 5 rings (SSSR count). The molecule has 0 radical (unpaired) electrons. The van der Waals surface area contributed by atoms with Gasteiger partial charge in [-0.25, -0.2) is 10.2 Å². The highest BCUT2D eigenvalue weighted by Crippen LogP contribution is 2.33. The zero-order chi connectivity index (χ0) is 20.0. The summed E-state index contributed by atoms with van der Waals surface area (Å²) in [6.45, 7) is 2.83. The van der Waals surface area contributed by atoms with Gasteiger partial charge in [0.05, 0.1) is 11.4 Å². The van der Waals surface area contributed by atoms with Crippen LogP contribution in [0.4, 0.5) is 15.8 Å². The topological polar surface area (TPSA) is 75.8 Å². The number of halogens is 1. The number of hydrogen-bond acceptors (Lipinski definition) is 4. The first-order valence-electron chi connectivity index (χ1n) is 9.81. The second-order valence-corrected chi connectivity index (χ2v) is 7.58. The summed E-state index contributed by atoms with van der Waals surface area (Å²) in [7, 11) is 0. The molecule has 0 amide bonds. The maximum Gasteiger partial charge on any atom is 0.190 e. The second-order valence-electron chi connectivity index (χ2n) is 7.58. The molecule has 0 aliphatic carbocycles. The van der Waals surface area contributed by atoms with Crippen LogP contribution in [-0.4, -0.2) is 23.5 Å². The fraction of sp³-hybridized carbons (Fsp3) is 0.227. The van der Waals surface area contributed by atoms with Crippen molar-refractivity contribution >= 4 is 17.2 Å². The SMILES string of the molecule is N/N=C1/c2cc(-c3ccc(F)cc3)cn2Cc2cc(N3CCCC3)ccc2N1N. The van der Waals surface area contributed by atoms with Gasteiger partial charge in [0.15, 0.2) is 5.84 Å². The summed E-state index contributed by atoms with van der Waals surface area (Å²) in [5.41, 5.74) is 5.94. The maximum absolute atomic E-state index is 13.3. The largest absolute Gasteiger partial charge is 0.372 e. The van der Waals surface area contributed by atoms with Gasteiger partial charge in [0.2, 0.25) is 0 Å². The Morgan fingerprint density at radius 3 is 2.41 bits per heavy atom. The fourth-order valence-electron chi connectivity index (χ4n) is 4.28. The Labute approximate surface area is 168 Å². The van der Waals surface area contributed by atoms with E-state index in [1.165, 1.54) is 30.7 Å². The van der Waals surface area contributed by atoms with E-state index in [-0.39, 0.29) is 5.82 Å². The fourth-order valence-corrected chi connectivity index (χ4v) is 4.28. The number of anilines is 2. The molecule has 0 saturated carbocycles. The van der Waals surface area contributed by atoms with Crippen LogP contribution < -0.4 is 21.6 Å². The van der Waals surface area contributed by atoms with Crippen molar-refractivity contribution in [3.63, 3.8) is 0 Å². The zero-order valence-corrected chi connectivity index (χ0v) is 16.1. The van der Waals surface area contributed by atoms with Crippen molar-refractivity contribution in [2.24, 2.45) is 16.8 Å². The van der Waals surface area contributed by atoms with Gasteiger partial charge in [-0.3, -0.25) is 5.01 Å². The smallest absolute Gasteiger partial charge is 0.190 e. The standard InChI is InChI=1S/C22H23FN6/c23-18-5-3-15(4-6-18)16-12-21-22(26-24)29(25)20-8-7-19(27-9-1-2-10-27)11-17(20)14-28(21)13-16/h3-8,11-13H,1-2,9-10,14,24-25H2/b26-22-. The molecule has 2 aliphatic rings. The van der Waals surface area contributed by atoms with Crippen LogP contribution in [0.25, 0.3) is 11.1 Å². The van der Waals surface area contributed by atoms with Gasteiger partial charge in [-0.15, -0.1) is 0 Å². The van der Waals surface area contributed by atoms with Gasteiger partial charge in [0, 0.05) is 37.1 Å². The summed E-state index contributed by atoms with van der Waals surface area (Å²) in [6, 6.07) is 14.8. The van der Waals surface area contributed by atoms with Crippen LogP contribution in [0, 0.1) is 5.82 Å². The Balaban J connectivity index is 1.59. The molecule has 29 heavy (non-hydrogen) atoms. The van der Waals surface area contributed by atoms with Gasteiger partial charge < -0.3 is 15.3 Å². The second kappa shape index (κ2) is 6.93. The van der Waals surface area contributed by atoms with Gasteiger partial charge in [-0.1, -0.05) is 12.1 Å². The number of nitrogens with zero attached hydrogens (tertiary/aromatic N) is 4. The Morgan fingerprint density at radius 1 is 0.931 bits per heavy atom. The van der Waals surface area contributed by atoms with E-state index in [0.29, 0.717) is 12.4 Å². The molecular weight excluding hydrogens is 367 g/mol. The number of fused-ring (bicyclic) bond motifs is 2. The lowest BCUT2D eigenvalue weighted by molar-refractivity contribution is 0.628. The molecule has 0 unspecified atom stereocenters. The van der Waals surface area contributed by atoms with Crippen LogP contribution in [0.15, 0.2) is 59.8 Å². The van der Waals surface area contributed by atoms with Crippen molar-refractivity contribution in [1.82, 2.24) is 4.57 Å². The summed E-state index contributed by atoms with van der Waals surface area (Å²) in [5, 5.41) is 5.53. The molecule has 3 heterocycles. The first-order chi connectivity index (χ1) is 14.1. The van der Waals surface area contributed by atoms with Gasteiger partial charge >= 0.3 is 0 Å². The first-order valence-corrected chi connectivity index (χ1v) is 9.81. The minimum absolute atomic E-state index is 0.254. The molecule has 3 aromatic rings. The van der Waals surface area contributed by atoms with Crippen LogP contribution in [0.5, 0.6) is 0 Å². The predicted molar refractivity (Wildman–Crippen MR) is 114 cm³/mol. The molecule has 0 bridgehead atoms. The van der Waals surface area contributed by atoms with E-state index < -0.39 is 0 Å². The molecule has 7 heteroatoms. The summed E-state index contributed by atoms with van der Waals surface area (Å²) in [4.78, 5) is 2.41. The molecule has 0 atom stereocenters. The van der Waals surface area contributed by atoms with Crippen molar-refractivity contribution in [3.8, 4) is 11.1 Å². The van der Waals surface area contributed by atoms with E-state index in [0.717, 1.165) is 41.2 Å². The number of benzene rings is 2. The number of hydrazone groups is 1. The molecule has 2 aliphatic heterocycles. The highest BCUT2D eigenvalue weighted by molar-refractivity contribution is 6.09. The highest BCUT2D eigenvalue weighted by Gasteiger charge is 2.25. The summed E-state index contributed by atoms with van der Waals surface area (Å²) in [6.07, 6.45) is 4.50. The summed E-state index contributed by atoms with van der Waals surface area (Å²) in [5.74, 6) is 12.4. The minimum Gasteiger partial charge on any atom is -0.372 e. The molecule has 1 aromatic heterocycles. The van der Waals surface area contributed by atoms with Crippen LogP contribution >= 0.6 is 0 Å². The van der Waals surface area contributed by atoms with Crippen LogP contribution in [0.1, 0.15) is 24.1 Å². The van der Waals surface area contributed by atoms with Crippen LogP contribution in [0.2, 0.25) is 0 Å². The van der Waals surface area contributed by atoms with E-state index in [2.05, 4.69) is 26.7 Å². The summed E-state index contributed by atoms with van der Waals surface area (Å²) < 4.78 is 15.4. The van der Waals surface area contributed by atoms with Gasteiger partial charge in [-0.2, -0.15) is 5.10 Å². The third-order valence-corrected chi connectivity index (χ3v) is 5.79. The van der Waals surface area contributed by atoms with Crippen molar-refractivity contribution in [3.05, 3.63) is 71.8 Å². The van der Waals surface area contributed by atoms with Crippen molar-refractivity contribution in [1.29, 1.82) is 0 Å². The van der Waals surface area contributed by atoms with Crippen LogP contribution in [-0.2, 0) is 6.54 Å². The molecule has 148 valence electrons. The van der Waals surface area contributed by atoms with E-state index in [9.17, 15) is 4.39 Å². The van der Waals surface area contributed by atoms with Crippen LogP contribution in [0.3, 0.4) is 0 Å². The minimum atomic E-state index is -0.254. The highest BCUT2D eigenvalue weighted by atomic mass is 19.1. The number of hydrazine groups is 1. The Morgan fingerprint density at radius 2 is 1.69 bits per heavy atom. The van der Waals surface area contributed by atoms with Gasteiger partial charge in [0.1, 0.15) is 5.82 Å².